The van der Waals surface area contributed by atoms with Crippen LogP contribution in [0, 0.1) is 0 Å². The maximum Gasteiger partial charge on any atom is 0.573 e. The number of fused-ring (bicyclic) bond motifs is 1. The van der Waals surface area contributed by atoms with E-state index in [4.69, 9.17) is 0 Å². The van der Waals surface area contributed by atoms with Crippen LogP contribution in [0.2, 0.25) is 0 Å². The Bertz CT molecular complexity index is 1530. The van der Waals surface area contributed by atoms with Crippen molar-refractivity contribution in [3.8, 4) is 5.75 Å². The van der Waals surface area contributed by atoms with Gasteiger partial charge in [0.25, 0.3) is 5.91 Å². The lowest BCUT2D eigenvalue weighted by atomic mass is 10.1. The molecule has 7 nitrogen and oxygen atoms in total. The fraction of sp³-hybridized carbons (Fsp3) is 0.231. The molecule has 1 aromatic heterocycles. The quantitative estimate of drug-likeness (QED) is 0.295. The summed E-state index contributed by atoms with van der Waals surface area (Å²) in [5.41, 5.74) is 2.33. The Labute approximate surface area is 220 Å². The molecule has 0 saturated carbocycles. The second-order valence-corrected chi connectivity index (χ2v) is 11.7. The van der Waals surface area contributed by atoms with Gasteiger partial charge in [-0.25, -0.2) is 13.4 Å². The van der Waals surface area contributed by atoms with Gasteiger partial charge in [-0.3, -0.25) is 4.79 Å². The van der Waals surface area contributed by atoms with Crippen LogP contribution in [0.1, 0.15) is 39.5 Å². The van der Waals surface area contributed by atoms with Crippen LogP contribution in [0.4, 0.5) is 13.2 Å². The van der Waals surface area contributed by atoms with Gasteiger partial charge in [0.1, 0.15) is 5.75 Å². The van der Waals surface area contributed by atoms with Crippen molar-refractivity contribution in [3.05, 3.63) is 88.4 Å². The van der Waals surface area contributed by atoms with E-state index in [0.29, 0.717) is 23.1 Å². The number of benzene rings is 3. The summed E-state index contributed by atoms with van der Waals surface area (Å²) in [6, 6.07) is 15.8. The van der Waals surface area contributed by atoms with E-state index in [1.54, 1.807) is 37.3 Å². The first-order valence-corrected chi connectivity index (χ1v) is 13.9. The normalized spacial score (nSPS) is 12.9. The number of hydrogen-bond acceptors (Lipinski definition) is 7. The van der Waals surface area contributed by atoms with Gasteiger partial charge in [-0.05, 0) is 53.6 Å². The summed E-state index contributed by atoms with van der Waals surface area (Å²) in [6.45, 7) is 1.17. The van der Waals surface area contributed by atoms with Gasteiger partial charge in [0, 0.05) is 12.0 Å². The van der Waals surface area contributed by atoms with Crippen molar-refractivity contribution in [1.82, 2.24) is 10.3 Å². The minimum absolute atomic E-state index is 0.0303. The van der Waals surface area contributed by atoms with Gasteiger partial charge >= 0.3 is 6.36 Å². The summed E-state index contributed by atoms with van der Waals surface area (Å²) in [4.78, 5) is 17.6. The molecular formula is C26H23F3N2O5S2. The number of aliphatic hydroxyl groups is 1. The Morgan fingerprint density at radius 3 is 2.37 bits per heavy atom. The Kier molecular flexibility index (Phi) is 8.05. The van der Waals surface area contributed by atoms with Crippen LogP contribution >= 0.6 is 11.3 Å². The summed E-state index contributed by atoms with van der Waals surface area (Å²) in [6.07, 6.45) is -4.36. The van der Waals surface area contributed by atoms with Crippen molar-refractivity contribution in [2.24, 2.45) is 0 Å². The fourth-order valence-corrected chi connectivity index (χ4v) is 5.65. The van der Waals surface area contributed by atoms with Gasteiger partial charge in [-0.1, -0.05) is 31.2 Å². The molecule has 2 N–H and O–H groups in total. The van der Waals surface area contributed by atoms with E-state index in [1.807, 2.05) is 0 Å². The Balaban J connectivity index is 1.45. The number of carbonyl (C=O) groups is 1. The smallest absolute Gasteiger partial charge is 0.406 e. The Morgan fingerprint density at radius 1 is 1.08 bits per heavy atom. The fourth-order valence-electron chi connectivity index (χ4n) is 3.72. The highest BCUT2D eigenvalue weighted by Crippen LogP contribution is 2.27. The molecule has 0 unspecified atom stereocenters. The van der Waals surface area contributed by atoms with E-state index in [2.05, 4.69) is 15.0 Å². The summed E-state index contributed by atoms with van der Waals surface area (Å²) in [5, 5.41) is 13.3. The highest BCUT2D eigenvalue weighted by atomic mass is 32.2. The zero-order chi connectivity index (χ0) is 27.5. The van der Waals surface area contributed by atoms with Gasteiger partial charge in [0.15, 0.2) is 9.84 Å². The summed E-state index contributed by atoms with van der Waals surface area (Å²) >= 11 is 1.36. The molecule has 0 spiro atoms. The van der Waals surface area contributed by atoms with Gasteiger partial charge in [-0.2, -0.15) is 0 Å². The van der Waals surface area contributed by atoms with E-state index < -0.39 is 28.1 Å². The molecule has 12 heteroatoms. The number of sulfone groups is 1. The summed E-state index contributed by atoms with van der Waals surface area (Å²) in [5.74, 6) is -0.756. The minimum atomic E-state index is -4.75. The number of amides is 1. The number of thiazole rings is 1. The molecule has 0 fully saturated rings. The number of halogens is 3. The highest BCUT2D eigenvalue weighted by Gasteiger charge is 2.31. The van der Waals surface area contributed by atoms with E-state index in [0.717, 1.165) is 15.3 Å². The third-order valence-electron chi connectivity index (χ3n) is 5.72. The maximum absolute atomic E-state index is 12.9. The molecule has 4 aromatic rings. The van der Waals surface area contributed by atoms with Crippen LogP contribution in [0.25, 0.3) is 10.2 Å². The Morgan fingerprint density at radius 2 is 1.76 bits per heavy atom. The van der Waals surface area contributed by atoms with E-state index in [-0.39, 0.29) is 23.0 Å². The van der Waals surface area contributed by atoms with E-state index in [9.17, 15) is 31.5 Å². The molecule has 1 amide bonds. The van der Waals surface area contributed by atoms with Crippen LogP contribution in [-0.2, 0) is 16.3 Å². The van der Waals surface area contributed by atoms with Crippen molar-refractivity contribution in [3.63, 3.8) is 0 Å². The van der Waals surface area contributed by atoms with Crippen molar-refractivity contribution in [1.29, 1.82) is 0 Å². The standard InChI is InChI=1S/C26H23F3N2O5S2/c1-2-38(34,35)20-10-5-17(6-11-20)22(15-32)31-25(33)18-7-12-21-23(14-18)37-24(30-21)13-16-3-8-19(9-4-16)36-26(27,28)29/h3-12,14,22,32H,2,13,15H2,1H3,(H,31,33)/t22-/m0/s1. The lowest BCUT2D eigenvalue weighted by Crippen LogP contribution is -2.30. The zero-order valence-corrected chi connectivity index (χ0v) is 21.7. The second-order valence-electron chi connectivity index (χ2n) is 8.34. The molecule has 0 aliphatic rings. The molecule has 1 atom stereocenters. The number of aromatic nitrogens is 1. The van der Waals surface area contributed by atoms with Crippen molar-refractivity contribution >= 4 is 37.3 Å². The number of hydrogen-bond donors (Lipinski definition) is 2. The van der Waals surface area contributed by atoms with E-state index >= 15 is 0 Å². The van der Waals surface area contributed by atoms with Crippen molar-refractivity contribution in [2.75, 3.05) is 12.4 Å². The van der Waals surface area contributed by atoms with Gasteiger partial charge in [0.05, 0.1) is 38.5 Å². The number of carbonyl (C=O) groups excluding carboxylic acids is 1. The third kappa shape index (κ3) is 6.69. The maximum atomic E-state index is 12.9. The van der Waals surface area contributed by atoms with Gasteiger partial charge in [0.2, 0.25) is 0 Å². The SMILES string of the molecule is CCS(=O)(=O)c1ccc([C@H](CO)NC(=O)c2ccc3nc(Cc4ccc(OC(F)(F)F)cc4)sc3c2)cc1. The predicted molar refractivity (Wildman–Crippen MR) is 137 cm³/mol. The molecule has 3 aromatic carbocycles. The first kappa shape index (κ1) is 27.6. The first-order valence-electron chi connectivity index (χ1n) is 11.5. The number of nitrogens with zero attached hydrogens (tertiary/aromatic N) is 1. The van der Waals surface area contributed by atoms with Gasteiger partial charge in [-0.15, -0.1) is 24.5 Å². The van der Waals surface area contributed by atoms with Crippen LogP contribution in [0.15, 0.2) is 71.6 Å². The topological polar surface area (TPSA) is 106 Å². The average molecular weight is 565 g/mol. The van der Waals surface area contributed by atoms with Crippen LogP contribution in [0.5, 0.6) is 5.75 Å². The van der Waals surface area contributed by atoms with Crippen molar-refractivity contribution < 1.29 is 36.2 Å². The molecule has 200 valence electrons. The highest BCUT2D eigenvalue weighted by molar-refractivity contribution is 7.91. The molecule has 38 heavy (non-hydrogen) atoms. The number of ether oxygens (including phenoxy) is 1. The molecule has 0 radical (unpaired) electrons. The number of rotatable bonds is 9. The van der Waals surface area contributed by atoms with E-state index in [1.165, 1.54) is 47.7 Å². The lowest BCUT2D eigenvalue weighted by molar-refractivity contribution is -0.274. The largest absolute Gasteiger partial charge is 0.573 e. The zero-order valence-electron chi connectivity index (χ0n) is 20.0. The molecule has 0 aliphatic carbocycles. The lowest BCUT2D eigenvalue weighted by Gasteiger charge is -2.17. The number of nitrogens with one attached hydrogen (secondary N) is 1. The van der Waals surface area contributed by atoms with Crippen LogP contribution in [0.3, 0.4) is 0 Å². The molecule has 4 rings (SSSR count). The van der Waals surface area contributed by atoms with Crippen LogP contribution in [-0.4, -0.2) is 43.1 Å². The minimum Gasteiger partial charge on any atom is -0.406 e. The summed E-state index contributed by atoms with van der Waals surface area (Å²) < 4.78 is 65.7. The number of aliphatic hydroxyl groups excluding tert-OH is 1. The van der Waals surface area contributed by atoms with Gasteiger partial charge < -0.3 is 15.2 Å². The van der Waals surface area contributed by atoms with Crippen molar-refractivity contribution in [2.45, 2.75) is 30.6 Å². The monoisotopic (exact) mass is 564 g/mol. The Hall–Kier alpha value is -3.48. The predicted octanol–water partition coefficient (Wildman–Crippen LogP) is 5.04. The average Bonchev–Trinajstić information content (AvgIpc) is 3.29. The molecule has 0 aliphatic heterocycles. The summed E-state index contributed by atoms with van der Waals surface area (Å²) in [7, 11) is -3.36. The molecule has 0 saturated heterocycles. The molecular weight excluding hydrogens is 541 g/mol. The molecule has 1 heterocycles. The second kappa shape index (κ2) is 11.1. The third-order valence-corrected chi connectivity index (χ3v) is 8.49. The van der Waals surface area contributed by atoms with Crippen LogP contribution < -0.4 is 10.1 Å². The first-order chi connectivity index (χ1) is 18.0. The number of alkyl halides is 3. The molecule has 0 bridgehead atoms.